The summed E-state index contributed by atoms with van der Waals surface area (Å²) in [5.41, 5.74) is 0.974. The van der Waals surface area contributed by atoms with Crippen molar-refractivity contribution in [1.82, 2.24) is 5.32 Å². The third kappa shape index (κ3) is 4.89. The van der Waals surface area contributed by atoms with E-state index in [-0.39, 0.29) is 5.91 Å². The molecule has 0 radical (unpaired) electrons. The molecule has 0 spiro atoms. The second-order valence-electron chi connectivity index (χ2n) is 4.46. The fraction of sp³-hybridized carbons (Fsp3) is 0.250. The average Bonchev–Trinajstić information content (AvgIpc) is 3.07. The van der Waals surface area contributed by atoms with Crippen LogP contribution in [0.2, 0.25) is 0 Å². The molecule has 1 aromatic heterocycles. The molecule has 0 aliphatic carbocycles. The number of ether oxygens (including phenoxy) is 1. The summed E-state index contributed by atoms with van der Waals surface area (Å²) in [6.07, 6.45) is 0. The highest BCUT2D eigenvalue weighted by molar-refractivity contribution is 7.98. The Morgan fingerprint density at radius 3 is 2.55 bits per heavy atom. The maximum absolute atomic E-state index is 12.0. The van der Waals surface area contributed by atoms with Crippen LogP contribution in [0.4, 0.5) is 0 Å². The van der Waals surface area contributed by atoms with E-state index in [1.54, 1.807) is 47.4 Å². The second kappa shape index (κ2) is 8.60. The van der Waals surface area contributed by atoms with Crippen LogP contribution in [0.5, 0.6) is 0 Å². The first-order valence-electron chi connectivity index (χ1n) is 6.77. The molecule has 0 fully saturated rings. The predicted octanol–water partition coefficient (Wildman–Crippen LogP) is 3.20. The van der Waals surface area contributed by atoms with Crippen molar-refractivity contribution in [3.8, 4) is 0 Å². The zero-order valence-electron chi connectivity index (χ0n) is 12.2. The van der Waals surface area contributed by atoms with Gasteiger partial charge in [0.2, 0.25) is 0 Å². The predicted molar refractivity (Wildman–Crippen MR) is 90.6 cm³/mol. The summed E-state index contributed by atoms with van der Waals surface area (Å²) < 4.78 is 4.62. The fourth-order valence-electron chi connectivity index (χ4n) is 1.78. The standard InChI is InChI=1S/C16H17NO3S2/c1-20-16(19)13-6-4-12(5-7-13)15(18)17-8-10-21-11-14-3-2-9-22-14/h2-7,9H,8,10-11H2,1H3,(H,17,18). The van der Waals surface area contributed by atoms with Crippen LogP contribution in [0.15, 0.2) is 41.8 Å². The Balaban J connectivity index is 1.71. The van der Waals surface area contributed by atoms with E-state index >= 15 is 0 Å². The lowest BCUT2D eigenvalue weighted by Crippen LogP contribution is -2.25. The van der Waals surface area contributed by atoms with Crippen LogP contribution in [0.3, 0.4) is 0 Å². The van der Waals surface area contributed by atoms with Gasteiger partial charge in [-0.1, -0.05) is 6.07 Å². The van der Waals surface area contributed by atoms with Gasteiger partial charge in [-0.3, -0.25) is 4.79 Å². The van der Waals surface area contributed by atoms with Crippen molar-refractivity contribution in [1.29, 1.82) is 0 Å². The van der Waals surface area contributed by atoms with Crippen molar-refractivity contribution in [2.24, 2.45) is 0 Å². The Labute approximate surface area is 137 Å². The highest BCUT2D eigenvalue weighted by atomic mass is 32.2. The SMILES string of the molecule is COC(=O)c1ccc(C(=O)NCCSCc2cccs2)cc1. The zero-order valence-corrected chi connectivity index (χ0v) is 13.8. The number of nitrogens with one attached hydrogen (secondary N) is 1. The molecule has 0 atom stereocenters. The highest BCUT2D eigenvalue weighted by Crippen LogP contribution is 2.16. The molecule has 1 aromatic carbocycles. The molecule has 4 nitrogen and oxygen atoms in total. The van der Waals surface area contributed by atoms with Crippen LogP contribution in [0.1, 0.15) is 25.6 Å². The summed E-state index contributed by atoms with van der Waals surface area (Å²) in [6, 6.07) is 10.6. The first-order chi connectivity index (χ1) is 10.7. The molecule has 0 unspecified atom stereocenters. The number of thiophene rings is 1. The number of benzene rings is 1. The van der Waals surface area contributed by atoms with Gasteiger partial charge < -0.3 is 10.1 Å². The summed E-state index contributed by atoms with van der Waals surface area (Å²) in [4.78, 5) is 24.6. The van der Waals surface area contributed by atoms with E-state index in [2.05, 4.69) is 21.5 Å². The van der Waals surface area contributed by atoms with Gasteiger partial charge in [-0.2, -0.15) is 11.8 Å². The second-order valence-corrected chi connectivity index (χ2v) is 6.59. The quantitative estimate of drug-likeness (QED) is 0.624. The lowest BCUT2D eigenvalue weighted by atomic mass is 10.1. The highest BCUT2D eigenvalue weighted by Gasteiger charge is 2.08. The monoisotopic (exact) mass is 335 g/mol. The van der Waals surface area contributed by atoms with Crippen LogP contribution in [0.25, 0.3) is 0 Å². The van der Waals surface area contributed by atoms with E-state index in [0.717, 1.165) is 11.5 Å². The van der Waals surface area contributed by atoms with Gasteiger partial charge in [-0.25, -0.2) is 4.79 Å². The molecule has 116 valence electrons. The Morgan fingerprint density at radius 1 is 1.18 bits per heavy atom. The first kappa shape index (κ1) is 16.6. The molecule has 6 heteroatoms. The van der Waals surface area contributed by atoms with Crippen molar-refractivity contribution < 1.29 is 14.3 Å². The first-order valence-corrected chi connectivity index (χ1v) is 8.81. The van der Waals surface area contributed by atoms with Gasteiger partial charge in [0.1, 0.15) is 0 Å². The number of esters is 1. The van der Waals surface area contributed by atoms with Crippen LogP contribution >= 0.6 is 23.1 Å². The van der Waals surface area contributed by atoms with Gasteiger partial charge >= 0.3 is 5.97 Å². The van der Waals surface area contributed by atoms with E-state index in [4.69, 9.17) is 0 Å². The normalized spacial score (nSPS) is 10.2. The maximum atomic E-state index is 12.0. The van der Waals surface area contributed by atoms with Gasteiger partial charge in [-0.15, -0.1) is 11.3 Å². The number of carbonyl (C=O) groups excluding carboxylic acids is 2. The molecule has 1 amide bonds. The minimum absolute atomic E-state index is 0.131. The summed E-state index contributed by atoms with van der Waals surface area (Å²) in [5.74, 6) is 1.30. The lowest BCUT2D eigenvalue weighted by Gasteiger charge is -2.05. The molecule has 2 aromatic rings. The molecule has 22 heavy (non-hydrogen) atoms. The van der Waals surface area contributed by atoms with Crippen LogP contribution in [-0.2, 0) is 10.5 Å². The number of hydrogen-bond donors (Lipinski definition) is 1. The van der Waals surface area contributed by atoms with E-state index in [9.17, 15) is 9.59 Å². The van der Waals surface area contributed by atoms with Crippen molar-refractivity contribution in [3.05, 3.63) is 57.8 Å². The maximum Gasteiger partial charge on any atom is 0.337 e. The zero-order chi connectivity index (χ0) is 15.8. The molecule has 0 bridgehead atoms. The van der Waals surface area contributed by atoms with Gasteiger partial charge in [-0.05, 0) is 35.7 Å². The number of thioether (sulfide) groups is 1. The Hall–Kier alpha value is -1.79. The molecule has 0 saturated heterocycles. The van der Waals surface area contributed by atoms with Gasteiger partial charge in [0.25, 0.3) is 5.91 Å². The molecular formula is C16H17NO3S2. The third-order valence-electron chi connectivity index (χ3n) is 2.92. The average molecular weight is 335 g/mol. The molecular weight excluding hydrogens is 318 g/mol. The van der Waals surface area contributed by atoms with E-state index in [0.29, 0.717) is 17.7 Å². The van der Waals surface area contributed by atoms with E-state index in [1.807, 2.05) is 6.07 Å². The molecule has 0 aliphatic rings. The van der Waals surface area contributed by atoms with Crippen molar-refractivity contribution in [2.45, 2.75) is 5.75 Å². The summed E-state index contributed by atoms with van der Waals surface area (Å²) in [6.45, 7) is 0.619. The number of hydrogen-bond acceptors (Lipinski definition) is 5. The Kier molecular flexibility index (Phi) is 6.48. The summed E-state index contributed by atoms with van der Waals surface area (Å²) in [7, 11) is 1.33. The summed E-state index contributed by atoms with van der Waals surface area (Å²) >= 11 is 3.54. The molecule has 1 N–H and O–H groups in total. The van der Waals surface area contributed by atoms with Gasteiger partial charge in [0.15, 0.2) is 0 Å². The number of rotatable bonds is 7. The number of carbonyl (C=O) groups is 2. The summed E-state index contributed by atoms with van der Waals surface area (Å²) in [5, 5.41) is 4.93. The van der Waals surface area contributed by atoms with Crippen molar-refractivity contribution in [2.75, 3.05) is 19.4 Å². The Morgan fingerprint density at radius 2 is 1.91 bits per heavy atom. The van der Waals surface area contributed by atoms with Crippen molar-refractivity contribution in [3.63, 3.8) is 0 Å². The molecule has 2 rings (SSSR count). The minimum Gasteiger partial charge on any atom is -0.465 e. The minimum atomic E-state index is -0.406. The number of methoxy groups -OCH3 is 1. The van der Waals surface area contributed by atoms with Crippen LogP contribution < -0.4 is 5.32 Å². The smallest absolute Gasteiger partial charge is 0.337 e. The molecule has 0 saturated carbocycles. The Bertz CT molecular complexity index is 609. The van der Waals surface area contributed by atoms with E-state index < -0.39 is 5.97 Å². The largest absolute Gasteiger partial charge is 0.465 e. The fourth-order valence-corrected chi connectivity index (χ4v) is 3.48. The van der Waals surface area contributed by atoms with Gasteiger partial charge in [0, 0.05) is 28.5 Å². The third-order valence-corrected chi connectivity index (χ3v) is 4.99. The number of amides is 1. The molecule has 1 heterocycles. The van der Waals surface area contributed by atoms with Crippen molar-refractivity contribution >= 4 is 35.0 Å². The molecule has 0 aliphatic heterocycles. The van der Waals surface area contributed by atoms with E-state index in [1.165, 1.54) is 12.0 Å². The topological polar surface area (TPSA) is 55.4 Å². The van der Waals surface area contributed by atoms with Crippen LogP contribution in [-0.4, -0.2) is 31.3 Å². The van der Waals surface area contributed by atoms with Crippen LogP contribution in [0, 0.1) is 0 Å². The van der Waals surface area contributed by atoms with Gasteiger partial charge in [0.05, 0.1) is 12.7 Å². The lowest BCUT2D eigenvalue weighted by molar-refractivity contribution is 0.0600.